The molecule has 0 unspecified atom stereocenters. The smallest absolute Gasteiger partial charge is 0.259 e. The lowest BCUT2D eigenvalue weighted by atomic mass is 10.1. The molecule has 2 atom stereocenters. The normalized spacial score (nSPS) is 20.4. The predicted octanol–water partition coefficient (Wildman–Crippen LogP) is 2.25. The van der Waals surface area contributed by atoms with Gasteiger partial charge in [0.15, 0.2) is 0 Å². The fraction of sp³-hybridized carbons (Fsp3) is 0.444. The van der Waals surface area contributed by atoms with Gasteiger partial charge in [0.25, 0.3) is 5.91 Å². The van der Waals surface area contributed by atoms with E-state index in [1.54, 1.807) is 24.0 Å². The third-order valence-electron chi connectivity index (χ3n) is 4.49. The van der Waals surface area contributed by atoms with E-state index in [9.17, 15) is 14.3 Å². The van der Waals surface area contributed by atoms with Crippen LogP contribution in [0.4, 0.5) is 4.39 Å². The summed E-state index contributed by atoms with van der Waals surface area (Å²) in [6.45, 7) is 4.47. The lowest BCUT2D eigenvalue weighted by Gasteiger charge is -2.37. The summed E-state index contributed by atoms with van der Waals surface area (Å²) in [5, 5.41) is 13.9. The Bertz CT molecular complexity index is 794. The van der Waals surface area contributed by atoms with Crippen LogP contribution in [0.5, 0.6) is 0 Å². The summed E-state index contributed by atoms with van der Waals surface area (Å²) in [6.07, 6.45) is -0.400. The molecule has 0 aliphatic carbocycles. The molecule has 0 saturated carbocycles. The second-order valence-electron chi connectivity index (χ2n) is 6.48. The Labute approximate surface area is 156 Å². The third kappa shape index (κ3) is 3.75. The summed E-state index contributed by atoms with van der Waals surface area (Å²) >= 11 is 6.44. The van der Waals surface area contributed by atoms with Crippen molar-refractivity contribution in [1.29, 1.82) is 0 Å². The predicted molar refractivity (Wildman–Crippen MR) is 94.8 cm³/mol. The molecule has 1 aromatic carbocycles. The number of halogens is 2. The number of hydrogen-bond donors (Lipinski definition) is 1. The van der Waals surface area contributed by atoms with Crippen LogP contribution in [-0.4, -0.2) is 57.6 Å². The van der Waals surface area contributed by atoms with Crippen molar-refractivity contribution < 1.29 is 19.0 Å². The molecule has 1 saturated heterocycles. The number of morpholine rings is 1. The van der Waals surface area contributed by atoms with E-state index < -0.39 is 6.10 Å². The number of aryl methyl sites for hydroxylation is 1. The maximum atomic E-state index is 13.1. The van der Waals surface area contributed by atoms with Crippen LogP contribution in [0.25, 0.3) is 0 Å². The maximum Gasteiger partial charge on any atom is 0.259 e. The van der Waals surface area contributed by atoms with Gasteiger partial charge >= 0.3 is 0 Å². The molecule has 1 fully saturated rings. The number of ether oxygens (including phenoxy) is 1. The molecule has 1 N–H and O–H groups in total. The zero-order valence-electron chi connectivity index (χ0n) is 14.7. The minimum Gasteiger partial charge on any atom is -0.394 e. The average Bonchev–Trinajstić information content (AvgIpc) is 2.90. The Hall–Kier alpha value is -1.96. The van der Waals surface area contributed by atoms with E-state index in [4.69, 9.17) is 16.3 Å². The standard InChI is InChI=1S/C18H21ClFN3O3/c1-11-10-26-15(9-24)8-22(11)18(25)16-12(2)21-23(17(16)19)7-13-3-5-14(20)6-4-13/h3-6,11,15,24H,7-10H2,1-2H3/t11-,15+/m0/s1. The fourth-order valence-corrected chi connectivity index (χ4v) is 3.33. The summed E-state index contributed by atoms with van der Waals surface area (Å²) in [4.78, 5) is 14.7. The third-order valence-corrected chi connectivity index (χ3v) is 4.88. The Morgan fingerprint density at radius 2 is 2.12 bits per heavy atom. The lowest BCUT2D eigenvalue weighted by Crippen LogP contribution is -2.52. The largest absolute Gasteiger partial charge is 0.394 e. The Balaban J connectivity index is 1.84. The van der Waals surface area contributed by atoms with Crippen LogP contribution < -0.4 is 0 Å². The fourth-order valence-electron chi connectivity index (χ4n) is 3.02. The van der Waals surface area contributed by atoms with E-state index >= 15 is 0 Å². The number of carbonyl (C=O) groups is 1. The minimum atomic E-state index is -0.400. The van der Waals surface area contributed by atoms with Crippen LogP contribution in [0.1, 0.15) is 28.5 Å². The van der Waals surface area contributed by atoms with Gasteiger partial charge in [-0.1, -0.05) is 23.7 Å². The molecule has 1 aliphatic heterocycles. The van der Waals surface area contributed by atoms with Gasteiger partial charge in [-0.2, -0.15) is 5.10 Å². The number of rotatable bonds is 4. The van der Waals surface area contributed by atoms with Gasteiger partial charge in [0.1, 0.15) is 11.0 Å². The molecule has 1 aliphatic rings. The van der Waals surface area contributed by atoms with E-state index in [1.165, 1.54) is 16.8 Å². The van der Waals surface area contributed by atoms with Crippen LogP contribution in [0.3, 0.4) is 0 Å². The highest BCUT2D eigenvalue weighted by atomic mass is 35.5. The molecule has 0 spiro atoms. The van der Waals surface area contributed by atoms with E-state index in [1.807, 2.05) is 6.92 Å². The summed E-state index contributed by atoms with van der Waals surface area (Å²) in [5.74, 6) is -0.542. The Kier molecular flexibility index (Phi) is 5.60. The molecule has 2 aromatic rings. The van der Waals surface area contributed by atoms with Crippen LogP contribution in [0.15, 0.2) is 24.3 Å². The maximum absolute atomic E-state index is 13.1. The molecule has 6 nitrogen and oxygen atoms in total. The van der Waals surface area contributed by atoms with E-state index in [-0.39, 0.29) is 29.5 Å². The summed E-state index contributed by atoms with van der Waals surface area (Å²) < 4.78 is 20.1. The van der Waals surface area contributed by atoms with Gasteiger partial charge in [-0.15, -0.1) is 0 Å². The second-order valence-corrected chi connectivity index (χ2v) is 6.84. The van der Waals surface area contributed by atoms with Crippen molar-refractivity contribution in [2.75, 3.05) is 19.8 Å². The molecular formula is C18H21ClFN3O3. The highest BCUT2D eigenvalue weighted by molar-refractivity contribution is 6.33. The zero-order chi connectivity index (χ0) is 18.8. The molecule has 2 heterocycles. The van der Waals surface area contributed by atoms with Crippen molar-refractivity contribution in [1.82, 2.24) is 14.7 Å². The first-order valence-corrected chi connectivity index (χ1v) is 8.79. The number of aliphatic hydroxyl groups is 1. The van der Waals surface area contributed by atoms with Gasteiger partial charge in [-0.25, -0.2) is 9.07 Å². The lowest BCUT2D eigenvalue weighted by molar-refractivity contribution is -0.0667. The van der Waals surface area contributed by atoms with E-state index in [2.05, 4.69) is 5.10 Å². The topological polar surface area (TPSA) is 67.6 Å². The molecule has 1 aromatic heterocycles. The number of benzene rings is 1. The van der Waals surface area contributed by atoms with Crippen molar-refractivity contribution in [3.05, 3.63) is 52.1 Å². The molecule has 0 bridgehead atoms. The number of aliphatic hydroxyl groups excluding tert-OH is 1. The van der Waals surface area contributed by atoms with Gasteiger partial charge in [0.2, 0.25) is 0 Å². The first-order valence-electron chi connectivity index (χ1n) is 8.41. The van der Waals surface area contributed by atoms with Crippen LogP contribution in [0, 0.1) is 12.7 Å². The first-order chi connectivity index (χ1) is 12.4. The molecule has 0 radical (unpaired) electrons. The Morgan fingerprint density at radius 1 is 1.42 bits per heavy atom. The van der Waals surface area contributed by atoms with Gasteiger partial charge in [0.05, 0.1) is 43.2 Å². The van der Waals surface area contributed by atoms with Crippen molar-refractivity contribution in [3.8, 4) is 0 Å². The van der Waals surface area contributed by atoms with Gasteiger partial charge in [0, 0.05) is 6.54 Å². The van der Waals surface area contributed by atoms with E-state index in [0.717, 1.165) is 5.56 Å². The van der Waals surface area contributed by atoms with Gasteiger partial charge in [-0.3, -0.25) is 4.79 Å². The number of aromatic nitrogens is 2. The van der Waals surface area contributed by atoms with Crippen LogP contribution in [-0.2, 0) is 11.3 Å². The quantitative estimate of drug-likeness (QED) is 0.882. The van der Waals surface area contributed by atoms with Crippen molar-refractivity contribution in [3.63, 3.8) is 0 Å². The summed E-state index contributed by atoms with van der Waals surface area (Å²) in [6, 6.07) is 5.92. The van der Waals surface area contributed by atoms with Gasteiger partial charge in [-0.05, 0) is 31.5 Å². The number of hydrogen-bond acceptors (Lipinski definition) is 4. The highest BCUT2D eigenvalue weighted by Gasteiger charge is 2.33. The number of nitrogens with zero attached hydrogens (tertiary/aromatic N) is 3. The van der Waals surface area contributed by atoms with Crippen molar-refractivity contribution >= 4 is 17.5 Å². The number of carbonyl (C=O) groups excluding carboxylic acids is 1. The van der Waals surface area contributed by atoms with Crippen LogP contribution >= 0.6 is 11.6 Å². The molecule has 3 rings (SSSR count). The highest BCUT2D eigenvalue weighted by Crippen LogP contribution is 2.25. The van der Waals surface area contributed by atoms with Crippen molar-refractivity contribution in [2.24, 2.45) is 0 Å². The van der Waals surface area contributed by atoms with Crippen LogP contribution in [0.2, 0.25) is 5.15 Å². The average molecular weight is 382 g/mol. The summed E-state index contributed by atoms with van der Waals surface area (Å²) in [5.41, 5.74) is 1.70. The van der Waals surface area contributed by atoms with Crippen molar-refractivity contribution in [2.45, 2.75) is 32.5 Å². The molecule has 26 heavy (non-hydrogen) atoms. The summed E-state index contributed by atoms with van der Waals surface area (Å²) in [7, 11) is 0. The van der Waals surface area contributed by atoms with Gasteiger partial charge < -0.3 is 14.7 Å². The minimum absolute atomic E-state index is 0.124. The molecule has 140 valence electrons. The SMILES string of the molecule is Cc1nn(Cc2ccc(F)cc2)c(Cl)c1C(=O)N1C[C@H](CO)OC[C@@H]1C. The number of amides is 1. The van der Waals surface area contributed by atoms with E-state index in [0.29, 0.717) is 31.0 Å². The molecule has 1 amide bonds. The first kappa shape index (κ1) is 18.8. The molecular weight excluding hydrogens is 361 g/mol. The monoisotopic (exact) mass is 381 g/mol. The zero-order valence-corrected chi connectivity index (χ0v) is 15.4. The second kappa shape index (κ2) is 7.73. The molecule has 8 heteroatoms. The Morgan fingerprint density at radius 3 is 2.77 bits per heavy atom.